The highest BCUT2D eigenvalue weighted by atomic mass is 16.3. The van der Waals surface area contributed by atoms with Gasteiger partial charge in [0.05, 0.1) is 6.10 Å². The van der Waals surface area contributed by atoms with Gasteiger partial charge in [-0.05, 0) is 12.3 Å². The van der Waals surface area contributed by atoms with Gasteiger partial charge in [0.15, 0.2) is 0 Å². The molecule has 0 heterocycles. The molecule has 1 heteroatoms. The highest BCUT2D eigenvalue weighted by Gasteiger charge is 2.00. The SMILES string of the molecule is C=C/C=C/C(O)CC(C)C. The Labute approximate surface area is 63.1 Å². The number of hydrogen-bond donors (Lipinski definition) is 1. The van der Waals surface area contributed by atoms with Gasteiger partial charge in [0.2, 0.25) is 0 Å². The maximum absolute atomic E-state index is 9.22. The predicted octanol–water partition coefficient (Wildman–Crippen LogP) is 2.14. The van der Waals surface area contributed by atoms with Crippen molar-refractivity contribution in [3.63, 3.8) is 0 Å². The van der Waals surface area contributed by atoms with Crippen LogP contribution in [0.25, 0.3) is 0 Å². The van der Waals surface area contributed by atoms with Crippen LogP contribution < -0.4 is 0 Å². The molecule has 0 rings (SSSR count). The average molecular weight is 140 g/mol. The molecule has 1 atom stereocenters. The van der Waals surface area contributed by atoms with E-state index in [1.165, 1.54) is 0 Å². The second kappa shape index (κ2) is 5.24. The normalized spacial score (nSPS) is 14.4. The summed E-state index contributed by atoms with van der Waals surface area (Å²) in [6.45, 7) is 7.69. The minimum absolute atomic E-state index is 0.307. The zero-order valence-electron chi connectivity index (χ0n) is 6.75. The quantitative estimate of drug-likeness (QED) is 0.593. The molecule has 0 bridgehead atoms. The Morgan fingerprint density at radius 1 is 1.50 bits per heavy atom. The van der Waals surface area contributed by atoms with Gasteiger partial charge >= 0.3 is 0 Å². The summed E-state index contributed by atoms with van der Waals surface area (Å²) in [5, 5.41) is 9.22. The molecular weight excluding hydrogens is 124 g/mol. The molecule has 0 aromatic carbocycles. The van der Waals surface area contributed by atoms with Gasteiger partial charge in [-0.3, -0.25) is 0 Å². The maximum Gasteiger partial charge on any atom is 0.0726 e. The van der Waals surface area contributed by atoms with Gasteiger partial charge in [0.25, 0.3) is 0 Å². The first kappa shape index (κ1) is 9.44. The molecule has 0 amide bonds. The van der Waals surface area contributed by atoms with Gasteiger partial charge in [-0.15, -0.1) is 0 Å². The third kappa shape index (κ3) is 5.57. The summed E-state index contributed by atoms with van der Waals surface area (Å²) < 4.78 is 0. The fraction of sp³-hybridized carbons (Fsp3) is 0.556. The molecular formula is C9H16O. The summed E-state index contributed by atoms with van der Waals surface area (Å²) in [6, 6.07) is 0. The summed E-state index contributed by atoms with van der Waals surface area (Å²) in [5.74, 6) is 0.546. The molecule has 0 aliphatic rings. The Kier molecular flexibility index (Phi) is 4.95. The summed E-state index contributed by atoms with van der Waals surface area (Å²) in [4.78, 5) is 0. The van der Waals surface area contributed by atoms with Crippen molar-refractivity contribution >= 4 is 0 Å². The molecule has 0 aliphatic heterocycles. The second-order valence-electron chi connectivity index (χ2n) is 2.82. The van der Waals surface area contributed by atoms with Crippen LogP contribution in [0.5, 0.6) is 0 Å². The van der Waals surface area contributed by atoms with E-state index in [0.29, 0.717) is 5.92 Å². The smallest absolute Gasteiger partial charge is 0.0726 e. The van der Waals surface area contributed by atoms with Crippen LogP contribution in [-0.4, -0.2) is 11.2 Å². The largest absolute Gasteiger partial charge is 0.389 e. The van der Waals surface area contributed by atoms with Gasteiger partial charge in [-0.2, -0.15) is 0 Å². The van der Waals surface area contributed by atoms with Gasteiger partial charge < -0.3 is 5.11 Å². The predicted molar refractivity (Wildman–Crippen MR) is 44.8 cm³/mol. The van der Waals surface area contributed by atoms with Crippen molar-refractivity contribution in [3.05, 3.63) is 24.8 Å². The molecule has 1 N–H and O–H groups in total. The number of aliphatic hydroxyl groups is 1. The Hall–Kier alpha value is -0.560. The van der Waals surface area contributed by atoms with Crippen molar-refractivity contribution in [3.8, 4) is 0 Å². The molecule has 10 heavy (non-hydrogen) atoms. The molecule has 0 radical (unpaired) electrons. The number of rotatable bonds is 4. The van der Waals surface area contributed by atoms with Crippen molar-refractivity contribution < 1.29 is 5.11 Å². The molecule has 0 aliphatic carbocycles. The van der Waals surface area contributed by atoms with Gasteiger partial charge in [0, 0.05) is 0 Å². The Bertz CT molecular complexity index is 114. The lowest BCUT2D eigenvalue weighted by Gasteiger charge is -2.06. The zero-order valence-corrected chi connectivity index (χ0v) is 6.75. The topological polar surface area (TPSA) is 20.2 Å². The van der Waals surface area contributed by atoms with Crippen LogP contribution in [0.4, 0.5) is 0 Å². The highest BCUT2D eigenvalue weighted by Crippen LogP contribution is 2.04. The molecule has 1 nitrogen and oxygen atoms in total. The van der Waals surface area contributed by atoms with E-state index >= 15 is 0 Å². The lowest BCUT2D eigenvalue weighted by Crippen LogP contribution is -2.05. The molecule has 0 fully saturated rings. The number of aliphatic hydroxyl groups excluding tert-OH is 1. The fourth-order valence-electron chi connectivity index (χ4n) is 0.768. The van der Waals surface area contributed by atoms with E-state index in [2.05, 4.69) is 20.4 Å². The lowest BCUT2D eigenvalue weighted by molar-refractivity contribution is 0.195. The number of allylic oxidation sites excluding steroid dienone is 2. The summed E-state index contributed by atoms with van der Waals surface area (Å²) in [7, 11) is 0. The van der Waals surface area contributed by atoms with E-state index in [4.69, 9.17) is 0 Å². The van der Waals surface area contributed by atoms with Crippen LogP contribution >= 0.6 is 0 Å². The maximum atomic E-state index is 9.22. The summed E-state index contributed by atoms with van der Waals surface area (Å²) >= 11 is 0. The molecule has 0 aromatic heterocycles. The van der Waals surface area contributed by atoms with Crippen LogP contribution in [0, 0.1) is 5.92 Å². The average Bonchev–Trinajstić information content (AvgIpc) is 1.82. The Balaban J connectivity index is 3.52. The van der Waals surface area contributed by atoms with Crippen LogP contribution in [0.3, 0.4) is 0 Å². The third-order valence-corrected chi connectivity index (χ3v) is 1.18. The summed E-state index contributed by atoms with van der Waals surface area (Å²) in [6.07, 6.45) is 5.71. The van der Waals surface area contributed by atoms with Gasteiger partial charge in [0.1, 0.15) is 0 Å². The molecule has 58 valence electrons. The third-order valence-electron chi connectivity index (χ3n) is 1.18. The number of hydrogen-bond acceptors (Lipinski definition) is 1. The Morgan fingerprint density at radius 3 is 2.50 bits per heavy atom. The Morgan fingerprint density at radius 2 is 2.10 bits per heavy atom. The molecule has 0 aromatic rings. The van der Waals surface area contributed by atoms with Crippen molar-refractivity contribution in [2.24, 2.45) is 5.92 Å². The van der Waals surface area contributed by atoms with E-state index < -0.39 is 0 Å². The van der Waals surface area contributed by atoms with Crippen molar-refractivity contribution in [2.45, 2.75) is 26.4 Å². The molecule has 0 spiro atoms. The minimum Gasteiger partial charge on any atom is -0.389 e. The minimum atomic E-state index is -0.307. The van der Waals surface area contributed by atoms with E-state index in [1.54, 1.807) is 18.2 Å². The van der Waals surface area contributed by atoms with Crippen LogP contribution in [0.1, 0.15) is 20.3 Å². The van der Waals surface area contributed by atoms with Gasteiger partial charge in [-0.1, -0.05) is 38.7 Å². The van der Waals surface area contributed by atoms with E-state index in [1.807, 2.05) is 0 Å². The lowest BCUT2D eigenvalue weighted by atomic mass is 10.1. The molecule has 1 unspecified atom stereocenters. The van der Waals surface area contributed by atoms with Crippen LogP contribution in [0.2, 0.25) is 0 Å². The second-order valence-corrected chi connectivity index (χ2v) is 2.82. The monoisotopic (exact) mass is 140 g/mol. The zero-order chi connectivity index (χ0) is 7.98. The van der Waals surface area contributed by atoms with Crippen molar-refractivity contribution in [1.82, 2.24) is 0 Å². The first-order valence-corrected chi connectivity index (χ1v) is 3.64. The fourth-order valence-corrected chi connectivity index (χ4v) is 0.768. The molecule has 0 saturated carbocycles. The standard InChI is InChI=1S/C9H16O/c1-4-5-6-9(10)7-8(2)3/h4-6,8-10H,1,7H2,2-3H3/b6-5+. The summed E-state index contributed by atoms with van der Waals surface area (Å²) in [5.41, 5.74) is 0. The van der Waals surface area contributed by atoms with Gasteiger partial charge in [-0.25, -0.2) is 0 Å². The van der Waals surface area contributed by atoms with E-state index in [0.717, 1.165) is 6.42 Å². The van der Waals surface area contributed by atoms with Crippen molar-refractivity contribution in [1.29, 1.82) is 0 Å². The van der Waals surface area contributed by atoms with Crippen LogP contribution in [0.15, 0.2) is 24.8 Å². The van der Waals surface area contributed by atoms with E-state index in [-0.39, 0.29) is 6.10 Å². The van der Waals surface area contributed by atoms with E-state index in [9.17, 15) is 5.11 Å². The first-order valence-electron chi connectivity index (χ1n) is 3.64. The molecule has 0 saturated heterocycles. The highest BCUT2D eigenvalue weighted by molar-refractivity contribution is 5.00. The van der Waals surface area contributed by atoms with Crippen LogP contribution in [-0.2, 0) is 0 Å². The first-order chi connectivity index (χ1) is 4.66. The van der Waals surface area contributed by atoms with Crippen molar-refractivity contribution in [2.75, 3.05) is 0 Å².